The summed E-state index contributed by atoms with van der Waals surface area (Å²) in [4.78, 5) is 20.0. The highest BCUT2D eigenvalue weighted by Crippen LogP contribution is 2.34. The molecule has 3 aromatic carbocycles. The van der Waals surface area contributed by atoms with Gasteiger partial charge in [0, 0.05) is 16.8 Å². The van der Waals surface area contributed by atoms with Crippen LogP contribution in [-0.4, -0.2) is 17.1 Å². The van der Waals surface area contributed by atoms with Crippen LogP contribution in [0.4, 0.5) is 10.8 Å². The number of ether oxygens (including phenoxy) is 1. The van der Waals surface area contributed by atoms with Crippen molar-refractivity contribution in [2.75, 3.05) is 11.2 Å². The Balaban J connectivity index is 1.62. The van der Waals surface area contributed by atoms with Gasteiger partial charge in [0.25, 0.3) is 5.91 Å². The molecular formula is C27H24N4O2S2. The maximum atomic E-state index is 12.5. The third-order valence-electron chi connectivity index (χ3n) is 5.22. The minimum absolute atomic E-state index is 0.214. The van der Waals surface area contributed by atoms with E-state index in [1.807, 2.05) is 78.6 Å². The lowest BCUT2D eigenvalue weighted by molar-refractivity contribution is 0.0980. The van der Waals surface area contributed by atoms with Crippen LogP contribution < -0.4 is 14.4 Å². The van der Waals surface area contributed by atoms with E-state index in [0.717, 1.165) is 27.4 Å². The Labute approximate surface area is 213 Å². The molecule has 4 aromatic rings. The molecular weight excluding hydrogens is 476 g/mol. The molecule has 35 heavy (non-hydrogen) atoms. The smallest absolute Gasteiger partial charge is 0.280 e. The number of amides is 1. The van der Waals surface area contributed by atoms with Crippen molar-refractivity contribution in [1.82, 2.24) is 9.71 Å². The molecule has 0 bridgehead atoms. The summed E-state index contributed by atoms with van der Waals surface area (Å²) in [6, 6.07) is 27.5. The van der Waals surface area contributed by atoms with Crippen LogP contribution in [0.5, 0.6) is 5.75 Å². The zero-order valence-corrected chi connectivity index (χ0v) is 21.0. The number of nitrogens with zero attached hydrogens (tertiary/aromatic N) is 3. The molecule has 1 aromatic heterocycles. The number of nitriles is 1. The Morgan fingerprint density at radius 2 is 1.83 bits per heavy atom. The molecule has 0 radical (unpaired) electrons. The molecule has 0 aliphatic heterocycles. The van der Waals surface area contributed by atoms with Gasteiger partial charge in [-0.05, 0) is 54.4 Å². The number of aromatic nitrogens is 1. The van der Waals surface area contributed by atoms with Crippen LogP contribution in [0.3, 0.4) is 0 Å². The molecule has 1 amide bonds. The lowest BCUT2D eigenvalue weighted by Gasteiger charge is -2.22. The molecule has 4 rings (SSSR count). The molecule has 0 fully saturated rings. The number of nitrogens with one attached hydrogen (secondary N) is 1. The molecule has 0 atom stereocenters. The van der Waals surface area contributed by atoms with E-state index in [1.54, 1.807) is 18.4 Å². The summed E-state index contributed by atoms with van der Waals surface area (Å²) in [5.41, 5.74) is 4.01. The van der Waals surface area contributed by atoms with Gasteiger partial charge in [-0.15, -0.1) is 11.3 Å². The van der Waals surface area contributed by atoms with Crippen LogP contribution in [0, 0.1) is 18.3 Å². The summed E-state index contributed by atoms with van der Waals surface area (Å²) in [6.07, 6.45) is 1.80. The monoisotopic (exact) mass is 500 g/mol. The van der Waals surface area contributed by atoms with E-state index in [1.165, 1.54) is 23.3 Å². The molecule has 0 aliphatic rings. The van der Waals surface area contributed by atoms with Crippen LogP contribution in [0.2, 0.25) is 0 Å². The van der Waals surface area contributed by atoms with Crippen molar-refractivity contribution < 1.29 is 9.53 Å². The Bertz CT molecular complexity index is 1330. The average Bonchev–Trinajstić information content (AvgIpc) is 3.28. The van der Waals surface area contributed by atoms with Gasteiger partial charge in [0.15, 0.2) is 5.13 Å². The van der Waals surface area contributed by atoms with Gasteiger partial charge < -0.3 is 9.64 Å². The van der Waals surface area contributed by atoms with Crippen molar-refractivity contribution >= 4 is 40.0 Å². The second-order valence-corrected chi connectivity index (χ2v) is 9.50. The molecule has 1 heterocycles. The average molecular weight is 501 g/mol. The second-order valence-electron chi connectivity index (χ2n) is 7.70. The highest BCUT2D eigenvalue weighted by atomic mass is 32.2. The highest BCUT2D eigenvalue weighted by Gasteiger charge is 2.20. The van der Waals surface area contributed by atoms with Crippen LogP contribution in [0.1, 0.15) is 32.1 Å². The fraction of sp³-hybridized carbons (Fsp3) is 0.148. The Hall–Kier alpha value is -3.80. The van der Waals surface area contributed by atoms with Gasteiger partial charge in [-0.2, -0.15) is 5.26 Å². The molecule has 176 valence electrons. The molecule has 0 aliphatic carbocycles. The molecule has 0 saturated heterocycles. The third kappa shape index (κ3) is 6.21. The zero-order valence-electron chi connectivity index (χ0n) is 19.4. The predicted octanol–water partition coefficient (Wildman–Crippen LogP) is 6.25. The SMILES string of the molecule is CSNC(=O)c1nc(N(Cc2cccc(OCc3ccccc3)c2)c2ccc(C#N)cc2)sc1C. The van der Waals surface area contributed by atoms with E-state index in [2.05, 4.69) is 15.8 Å². The Kier molecular flexibility index (Phi) is 8.03. The van der Waals surface area contributed by atoms with Crippen LogP contribution in [0.15, 0.2) is 78.9 Å². The number of carbonyl (C=O) groups excluding carboxylic acids is 1. The van der Waals surface area contributed by atoms with Gasteiger partial charge in [-0.3, -0.25) is 9.52 Å². The third-order valence-corrected chi connectivity index (χ3v) is 6.60. The van der Waals surface area contributed by atoms with Crippen molar-refractivity contribution in [2.24, 2.45) is 0 Å². The van der Waals surface area contributed by atoms with E-state index in [4.69, 9.17) is 4.74 Å². The summed E-state index contributed by atoms with van der Waals surface area (Å²) in [6.45, 7) is 2.90. The number of hydrogen-bond acceptors (Lipinski definition) is 7. The summed E-state index contributed by atoms with van der Waals surface area (Å²) >= 11 is 2.71. The minimum atomic E-state index is -0.214. The highest BCUT2D eigenvalue weighted by molar-refractivity contribution is 7.97. The maximum absolute atomic E-state index is 12.5. The maximum Gasteiger partial charge on any atom is 0.280 e. The zero-order chi connectivity index (χ0) is 24.6. The van der Waals surface area contributed by atoms with E-state index < -0.39 is 0 Å². The summed E-state index contributed by atoms with van der Waals surface area (Å²) in [5, 5.41) is 9.90. The van der Waals surface area contributed by atoms with Crippen molar-refractivity contribution in [3.63, 3.8) is 0 Å². The van der Waals surface area contributed by atoms with Crippen molar-refractivity contribution in [2.45, 2.75) is 20.1 Å². The van der Waals surface area contributed by atoms with E-state index in [0.29, 0.717) is 29.5 Å². The molecule has 6 nitrogen and oxygen atoms in total. The minimum Gasteiger partial charge on any atom is -0.489 e. The predicted molar refractivity (Wildman–Crippen MR) is 142 cm³/mol. The topological polar surface area (TPSA) is 78.2 Å². The van der Waals surface area contributed by atoms with Gasteiger partial charge in [-0.25, -0.2) is 4.98 Å². The van der Waals surface area contributed by atoms with Gasteiger partial charge in [-0.1, -0.05) is 54.4 Å². The van der Waals surface area contributed by atoms with Crippen LogP contribution in [-0.2, 0) is 13.2 Å². The number of aryl methyl sites for hydroxylation is 1. The van der Waals surface area contributed by atoms with E-state index in [9.17, 15) is 10.1 Å². The van der Waals surface area contributed by atoms with Crippen LogP contribution >= 0.6 is 23.3 Å². The first-order chi connectivity index (χ1) is 17.1. The van der Waals surface area contributed by atoms with Crippen molar-refractivity contribution in [3.05, 3.63) is 106 Å². The Morgan fingerprint density at radius 3 is 2.54 bits per heavy atom. The number of thiazole rings is 1. The first kappa shape index (κ1) is 24.3. The molecule has 0 saturated carbocycles. The normalized spacial score (nSPS) is 10.4. The van der Waals surface area contributed by atoms with Gasteiger partial charge in [0.05, 0.1) is 18.2 Å². The van der Waals surface area contributed by atoms with E-state index >= 15 is 0 Å². The van der Waals surface area contributed by atoms with Crippen LogP contribution in [0.25, 0.3) is 0 Å². The first-order valence-corrected chi connectivity index (χ1v) is 13.0. The van der Waals surface area contributed by atoms with Gasteiger partial charge >= 0.3 is 0 Å². The molecule has 1 N–H and O–H groups in total. The van der Waals surface area contributed by atoms with Gasteiger partial charge in [0.1, 0.15) is 18.1 Å². The summed E-state index contributed by atoms with van der Waals surface area (Å²) in [5.74, 6) is 0.565. The largest absolute Gasteiger partial charge is 0.489 e. The fourth-order valence-corrected chi connectivity index (χ4v) is 4.70. The van der Waals surface area contributed by atoms with E-state index in [-0.39, 0.29) is 5.91 Å². The number of carbonyl (C=O) groups is 1. The Morgan fingerprint density at radius 1 is 1.09 bits per heavy atom. The van der Waals surface area contributed by atoms with Crippen molar-refractivity contribution in [1.29, 1.82) is 5.26 Å². The number of rotatable bonds is 9. The molecule has 8 heteroatoms. The second kappa shape index (κ2) is 11.6. The standard InChI is InChI=1S/C27H24N4O2S2/c1-19-25(26(32)30-34-2)29-27(35-19)31(23-13-11-20(16-28)12-14-23)17-22-9-6-10-24(15-22)33-18-21-7-4-3-5-8-21/h3-15H,17-18H2,1-2H3,(H,30,32). The first-order valence-electron chi connectivity index (χ1n) is 10.9. The molecule has 0 unspecified atom stereocenters. The summed E-state index contributed by atoms with van der Waals surface area (Å²) < 4.78 is 8.76. The number of benzene rings is 3. The van der Waals surface area contributed by atoms with Crippen molar-refractivity contribution in [3.8, 4) is 11.8 Å². The fourth-order valence-electron chi connectivity index (χ4n) is 3.49. The lowest BCUT2D eigenvalue weighted by Crippen LogP contribution is -2.19. The summed E-state index contributed by atoms with van der Waals surface area (Å²) in [7, 11) is 0. The number of anilines is 2. The molecule has 0 spiro atoms. The number of hydrogen-bond donors (Lipinski definition) is 1. The quantitative estimate of drug-likeness (QED) is 0.274. The van der Waals surface area contributed by atoms with Gasteiger partial charge in [0.2, 0.25) is 0 Å². The lowest BCUT2D eigenvalue weighted by atomic mass is 10.1.